The molecule has 1 heterocycles. The van der Waals surface area contributed by atoms with Crippen LogP contribution in [0.2, 0.25) is 0 Å². The largest absolute Gasteiger partial charge is 0.489 e. The van der Waals surface area contributed by atoms with Gasteiger partial charge < -0.3 is 10.5 Å². The quantitative estimate of drug-likeness (QED) is 0.885. The molecule has 2 unspecified atom stereocenters. The molecule has 4 heteroatoms. The van der Waals surface area contributed by atoms with Crippen molar-refractivity contribution in [2.75, 3.05) is 6.54 Å². The minimum atomic E-state index is 0.142. The Hall–Kier alpha value is -1.60. The lowest BCUT2D eigenvalue weighted by molar-refractivity contribution is 0.161. The van der Waals surface area contributed by atoms with E-state index in [1.807, 2.05) is 19.9 Å². The van der Waals surface area contributed by atoms with E-state index in [9.17, 15) is 5.26 Å². The first-order valence-electron chi connectivity index (χ1n) is 6.40. The Balaban J connectivity index is 2.26. The molecule has 1 aromatic heterocycles. The Morgan fingerprint density at radius 1 is 1.50 bits per heavy atom. The third kappa shape index (κ3) is 2.46. The molecule has 1 saturated carbocycles. The Morgan fingerprint density at radius 3 is 2.94 bits per heavy atom. The van der Waals surface area contributed by atoms with E-state index in [4.69, 9.17) is 10.5 Å². The molecule has 1 fully saturated rings. The molecule has 0 radical (unpaired) electrons. The number of aromatic nitrogens is 1. The molecule has 0 saturated heterocycles. The van der Waals surface area contributed by atoms with E-state index in [1.54, 1.807) is 0 Å². The molecule has 0 spiro atoms. The van der Waals surface area contributed by atoms with Crippen molar-refractivity contribution in [3.05, 3.63) is 23.0 Å². The van der Waals surface area contributed by atoms with Crippen LogP contribution in [0.5, 0.6) is 5.75 Å². The van der Waals surface area contributed by atoms with Crippen LogP contribution in [0.1, 0.15) is 36.2 Å². The van der Waals surface area contributed by atoms with Gasteiger partial charge in [0.25, 0.3) is 0 Å². The van der Waals surface area contributed by atoms with Gasteiger partial charge in [0.2, 0.25) is 0 Å². The van der Waals surface area contributed by atoms with Crippen molar-refractivity contribution in [2.24, 2.45) is 11.7 Å². The minimum absolute atomic E-state index is 0.142. The zero-order chi connectivity index (χ0) is 13.1. The van der Waals surface area contributed by atoms with E-state index in [0.717, 1.165) is 30.7 Å². The fraction of sp³-hybridized carbons (Fsp3) is 0.571. The molecule has 0 amide bonds. The van der Waals surface area contributed by atoms with Crippen molar-refractivity contribution in [3.63, 3.8) is 0 Å². The first-order valence-corrected chi connectivity index (χ1v) is 6.40. The summed E-state index contributed by atoms with van der Waals surface area (Å²) in [5.74, 6) is 1.07. The van der Waals surface area contributed by atoms with Gasteiger partial charge >= 0.3 is 0 Å². The lowest BCUT2D eigenvalue weighted by Gasteiger charge is -2.21. The smallest absolute Gasteiger partial charge is 0.141 e. The fourth-order valence-corrected chi connectivity index (χ4v) is 2.61. The molecule has 2 N–H and O–H groups in total. The number of nitrogens with zero attached hydrogens (tertiary/aromatic N) is 2. The van der Waals surface area contributed by atoms with Crippen molar-refractivity contribution < 1.29 is 4.74 Å². The number of rotatable bonds is 3. The molecule has 18 heavy (non-hydrogen) atoms. The number of nitriles is 1. The summed E-state index contributed by atoms with van der Waals surface area (Å²) in [6, 6.07) is 4.02. The Morgan fingerprint density at radius 2 is 2.28 bits per heavy atom. The van der Waals surface area contributed by atoms with Gasteiger partial charge in [-0.1, -0.05) is 0 Å². The molecule has 2 rings (SSSR count). The van der Waals surface area contributed by atoms with Crippen molar-refractivity contribution >= 4 is 0 Å². The molecule has 1 aliphatic carbocycles. The summed E-state index contributed by atoms with van der Waals surface area (Å²) in [5, 5.41) is 9.19. The van der Waals surface area contributed by atoms with Crippen molar-refractivity contribution in [3.8, 4) is 11.8 Å². The summed E-state index contributed by atoms with van der Waals surface area (Å²) in [4.78, 5) is 4.29. The number of ether oxygens (including phenoxy) is 1. The first kappa shape index (κ1) is 12.8. The number of pyridine rings is 1. The van der Waals surface area contributed by atoms with Crippen molar-refractivity contribution in [1.29, 1.82) is 5.26 Å². The minimum Gasteiger partial charge on any atom is -0.489 e. The number of hydrogen-bond donors (Lipinski definition) is 1. The average molecular weight is 245 g/mol. The maximum Gasteiger partial charge on any atom is 0.141 e. The molecule has 1 aromatic rings. The SMILES string of the molecule is Cc1cc(OC2CCCC2CN)c(C#N)c(C)n1. The van der Waals surface area contributed by atoms with Gasteiger partial charge in [0.1, 0.15) is 23.5 Å². The van der Waals surface area contributed by atoms with Gasteiger partial charge in [-0.25, -0.2) is 0 Å². The highest BCUT2D eigenvalue weighted by molar-refractivity contribution is 5.46. The molecule has 0 bridgehead atoms. The van der Waals surface area contributed by atoms with E-state index in [-0.39, 0.29) is 6.10 Å². The first-order chi connectivity index (χ1) is 8.65. The normalized spacial score (nSPS) is 22.8. The van der Waals surface area contributed by atoms with Crippen LogP contribution in [0.4, 0.5) is 0 Å². The van der Waals surface area contributed by atoms with Gasteiger partial charge in [0.05, 0.1) is 5.69 Å². The highest BCUT2D eigenvalue weighted by Gasteiger charge is 2.28. The van der Waals surface area contributed by atoms with E-state index in [0.29, 0.717) is 23.8 Å². The average Bonchev–Trinajstić information content (AvgIpc) is 2.76. The van der Waals surface area contributed by atoms with Crippen LogP contribution < -0.4 is 10.5 Å². The second kappa shape index (κ2) is 5.36. The zero-order valence-electron chi connectivity index (χ0n) is 10.9. The molecule has 2 atom stereocenters. The summed E-state index contributed by atoms with van der Waals surface area (Å²) in [5.41, 5.74) is 7.91. The van der Waals surface area contributed by atoms with E-state index >= 15 is 0 Å². The number of hydrogen-bond acceptors (Lipinski definition) is 4. The lowest BCUT2D eigenvalue weighted by atomic mass is 10.1. The second-order valence-corrected chi connectivity index (χ2v) is 4.92. The van der Waals surface area contributed by atoms with E-state index in [1.165, 1.54) is 0 Å². The third-order valence-corrected chi connectivity index (χ3v) is 3.57. The zero-order valence-corrected chi connectivity index (χ0v) is 10.9. The predicted octanol–water partition coefficient (Wildman–Crippen LogP) is 2.08. The maximum absolute atomic E-state index is 9.19. The van der Waals surface area contributed by atoms with Crippen LogP contribution in [-0.4, -0.2) is 17.6 Å². The van der Waals surface area contributed by atoms with Crippen molar-refractivity contribution in [2.45, 2.75) is 39.2 Å². The van der Waals surface area contributed by atoms with Gasteiger partial charge in [-0.2, -0.15) is 5.26 Å². The van der Waals surface area contributed by atoms with Gasteiger partial charge in [0, 0.05) is 17.7 Å². The monoisotopic (exact) mass is 245 g/mol. The molecule has 4 nitrogen and oxygen atoms in total. The summed E-state index contributed by atoms with van der Waals surface area (Å²) in [6.07, 6.45) is 3.43. The fourth-order valence-electron chi connectivity index (χ4n) is 2.61. The van der Waals surface area contributed by atoms with Gasteiger partial charge in [-0.05, 0) is 39.7 Å². The predicted molar refractivity (Wildman–Crippen MR) is 69.2 cm³/mol. The van der Waals surface area contributed by atoms with Crippen LogP contribution in [-0.2, 0) is 0 Å². The summed E-state index contributed by atoms with van der Waals surface area (Å²) >= 11 is 0. The Kier molecular flexibility index (Phi) is 3.83. The summed E-state index contributed by atoms with van der Waals surface area (Å²) < 4.78 is 6.02. The van der Waals surface area contributed by atoms with Crippen LogP contribution in [0.15, 0.2) is 6.07 Å². The summed E-state index contributed by atoms with van der Waals surface area (Å²) in [6.45, 7) is 4.40. The third-order valence-electron chi connectivity index (χ3n) is 3.57. The molecule has 96 valence electrons. The number of aryl methyl sites for hydroxylation is 2. The van der Waals surface area contributed by atoms with Crippen LogP contribution in [0.3, 0.4) is 0 Å². The van der Waals surface area contributed by atoms with E-state index in [2.05, 4.69) is 11.1 Å². The highest BCUT2D eigenvalue weighted by atomic mass is 16.5. The second-order valence-electron chi connectivity index (χ2n) is 4.92. The van der Waals surface area contributed by atoms with Gasteiger partial charge in [-0.15, -0.1) is 0 Å². The van der Waals surface area contributed by atoms with Crippen LogP contribution in [0.25, 0.3) is 0 Å². The van der Waals surface area contributed by atoms with Crippen LogP contribution >= 0.6 is 0 Å². The van der Waals surface area contributed by atoms with Crippen LogP contribution in [0, 0.1) is 31.1 Å². The lowest BCUT2D eigenvalue weighted by Crippen LogP contribution is -2.28. The highest BCUT2D eigenvalue weighted by Crippen LogP contribution is 2.31. The topological polar surface area (TPSA) is 71.9 Å². The Labute approximate surface area is 108 Å². The van der Waals surface area contributed by atoms with Crippen molar-refractivity contribution in [1.82, 2.24) is 4.98 Å². The molecule has 1 aliphatic rings. The standard InChI is InChI=1S/C14H19N3O/c1-9-6-14(12(8-16)10(2)17-9)18-13-5-3-4-11(13)7-15/h6,11,13H,3-5,7,15H2,1-2H3. The number of nitrogens with two attached hydrogens (primary N) is 1. The molecular weight excluding hydrogens is 226 g/mol. The van der Waals surface area contributed by atoms with Gasteiger partial charge in [0.15, 0.2) is 0 Å². The maximum atomic E-state index is 9.19. The van der Waals surface area contributed by atoms with Gasteiger partial charge in [-0.3, -0.25) is 4.98 Å². The molecule has 0 aliphatic heterocycles. The van der Waals surface area contributed by atoms with E-state index < -0.39 is 0 Å². The Bertz CT molecular complexity index is 479. The molecular formula is C14H19N3O. The summed E-state index contributed by atoms with van der Waals surface area (Å²) in [7, 11) is 0. The molecule has 0 aromatic carbocycles.